The van der Waals surface area contributed by atoms with Crippen LogP contribution in [0.4, 0.5) is 0 Å². The molecule has 5 heteroatoms. The van der Waals surface area contributed by atoms with E-state index in [1.54, 1.807) is 11.3 Å². The van der Waals surface area contributed by atoms with Crippen molar-refractivity contribution in [3.05, 3.63) is 15.6 Å². The van der Waals surface area contributed by atoms with Gasteiger partial charge >= 0.3 is 0 Å². The quantitative estimate of drug-likeness (QED) is 0.626. The van der Waals surface area contributed by atoms with Gasteiger partial charge in [0.15, 0.2) is 0 Å². The van der Waals surface area contributed by atoms with Gasteiger partial charge in [0.25, 0.3) is 0 Å². The van der Waals surface area contributed by atoms with Crippen molar-refractivity contribution < 1.29 is 4.74 Å². The van der Waals surface area contributed by atoms with Gasteiger partial charge in [0.2, 0.25) is 0 Å². The molecule has 2 rings (SSSR count). The maximum Gasteiger partial charge on any atom is 0.0948 e. The minimum Gasteiger partial charge on any atom is -0.374 e. The lowest BCUT2D eigenvalue weighted by atomic mass is 9.78. The van der Waals surface area contributed by atoms with Gasteiger partial charge in [-0.15, -0.1) is 11.3 Å². The Balaban J connectivity index is 2.15. The predicted molar refractivity (Wildman–Crippen MR) is 83.8 cm³/mol. The number of hydrogen-bond donors (Lipinski definition) is 2. The number of hydrazine groups is 1. The first-order chi connectivity index (χ1) is 9.61. The first-order valence-corrected chi connectivity index (χ1v) is 8.46. The number of ether oxygens (including phenoxy) is 1. The summed E-state index contributed by atoms with van der Waals surface area (Å²) in [6.45, 7) is 7.01. The number of rotatable bonds is 6. The Kier molecular flexibility index (Phi) is 5.55. The number of thiazole rings is 1. The van der Waals surface area contributed by atoms with Crippen LogP contribution in [0.5, 0.6) is 0 Å². The Morgan fingerprint density at radius 1 is 1.35 bits per heavy atom. The lowest BCUT2D eigenvalue weighted by molar-refractivity contribution is -0.0898. The fourth-order valence-electron chi connectivity index (χ4n) is 3.23. The molecule has 1 atom stereocenters. The zero-order valence-corrected chi connectivity index (χ0v) is 13.7. The summed E-state index contributed by atoms with van der Waals surface area (Å²) in [5.74, 6) is 5.86. The summed E-state index contributed by atoms with van der Waals surface area (Å²) in [6.07, 6.45) is 6.82. The molecule has 1 heterocycles. The van der Waals surface area contributed by atoms with E-state index in [0.717, 1.165) is 36.6 Å². The molecule has 1 aliphatic rings. The molecule has 0 bridgehead atoms. The van der Waals surface area contributed by atoms with E-state index in [2.05, 4.69) is 31.2 Å². The summed E-state index contributed by atoms with van der Waals surface area (Å²) in [7, 11) is 0. The Labute approximate surface area is 126 Å². The lowest BCUT2D eigenvalue weighted by Crippen LogP contribution is -2.57. The van der Waals surface area contributed by atoms with Crippen LogP contribution >= 0.6 is 11.3 Å². The SMILES string of the molecule is CCOC1(C(Cc2nc(C)c(C)s2)NN)CCCCC1. The van der Waals surface area contributed by atoms with Crippen molar-refractivity contribution >= 4 is 11.3 Å². The van der Waals surface area contributed by atoms with Gasteiger partial charge in [-0.1, -0.05) is 19.3 Å². The van der Waals surface area contributed by atoms with Crippen molar-refractivity contribution in [1.29, 1.82) is 0 Å². The van der Waals surface area contributed by atoms with Crippen LogP contribution in [0.25, 0.3) is 0 Å². The topological polar surface area (TPSA) is 60.2 Å². The third kappa shape index (κ3) is 3.39. The Morgan fingerprint density at radius 3 is 2.55 bits per heavy atom. The molecule has 1 aromatic heterocycles. The van der Waals surface area contributed by atoms with Crippen LogP contribution in [-0.4, -0.2) is 23.2 Å². The molecule has 0 aliphatic heterocycles. The van der Waals surface area contributed by atoms with Crippen molar-refractivity contribution in [2.24, 2.45) is 5.84 Å². The normalized spacial score (nSPS) is 20.0. The lowest BCUT2D eigenvalue weighted by Gasteiger charge is -2.42. The molecule has 0 saturated heterocycles. The van der Waals surface area contributed by atoms with E-state index in [-0.39, 0.29) is 11.6 Å². The highest BCUT2D eigenvalue weighted by atomic mass is 32.1. The third-order valence-electron chi connectivity index (χ3n) is 4.42. The highest BCUT2D eigenvalue weighted by Crippen LogP contribution is 2.36. The minimum absolute atomic E-state index is 0.116. The molecule has 1 fully saturated rings. The second kappa shape index (κ2) is 6.98. The van der Waals surface area contributed by atoms with E-state index in [1.165, 1.54) is 24.1 Å². The van der Waals surface area contributed by atoms with E-state index >= 15 is 0 Å². The molecule has 20 heavy (non-hydrogen) atoms. The minimum atomic E-state index is -0.116. The largest absolute Gasteiger partial charge is 0.374 e. The summed E-state index contributed by atoms with van der Waals surface area (Å²) in [4.78, 5) is 5.95. The second-order valence-electron chi connectivity index (χ2n) is 5.73. The monoisotopic (exact) mass is 297 g/mol. The van der Waals surface area contributed by atoms with Gasteiger partial charge in [-0.2, -0.15) is 0 Å². The van der Waals surface area contributed by atoms with Crippen LogP contribution in [-0.2, 0) is 11.2 Å². The highest BCUT2D eigenvalue weighted by Gasteiger charge is 2.40. The summed E-state index contributed by atoms with van der Waals surface area (Å²) in [5.41, 5.74) is 4.03. The molecule has 114 valence electrons. The average Bonchev–Trinajstić information content (AvgIpc) is 2.76. The molecule has 1 unspecified atom stereocenters. The van der Waals surface area contributed by atoms with Crippen molar-refractivity contribution in [3.8, 4) is 0 Å². The van der Waals surface area contributed by atoms with Crippen LogP contribution in [0.1, 0.15) is 54.6 Å². The number of aryl methyl sites for hydroxylation is 2. The maximum absolute atomic E-state index is 6.17. The van der Waals surface area contributed by atoms with Crippen LogP contribution in [0.15, 0.2) is 0 Å². The third-order valence-corrected chi connectivity index (χ3v) is 5.51. The molecule has 1 saturated carbocycles. The number of hydrogen-bond acceptors (Lipinski definition) is 5. The number of nitrogens with one attached hydrogen (secondary N) is 1. The van der Waals surface area contributed by atoms with E-state index in [9.17, 15) is 0 Å². The van der Waals surface area contributed by atoms with Crippen LogP contribution < -0.4 is 11.3 Å². The molecule has 0 aromatic carbocycles. The summed E-state index contributed by atoms with van der Waals surface area (Å²) >= 11 is 1.78. The summed E-state index contributed by atoms with van der Waals surface area (Å²) < 4.78 is 6.17. The second-order valence-corrected chi connectivity index (χ2v) is 7.02. The highest BCUT2D eigenvalue weighted by molar-refractivity contribution is 7.11. The molecular weight excluding hydrogens is 270 g/mol. The molecule has 0 radical (unpaired) electrons. The predicted octanol–water partition coefficient (Wildman–Crippen LogP) is 2.87. The van der Waals surface area contributed by atoms with Crippen LogP contribution in [0.3, 0.4) is 0 Å². The first kappa shape index (κ1) is 15.9. The van der Waals surface area contributed by atoms with Gasteiger partial charge in [-0.25, -0.2) is 4.98 Å². The first-order valence-electron chi connectivity index (χ1n) is 7.64. The summed E-state index contributed by atoms with van der Waals surface area (Å²) in [5, 5.41) is 1.16. The van der Waals surface area contributed by atoms with E-state index in [4.69, 9.17) is 10.6 Å². The van der Waals surface area contributed by atoms with E-state index in [0.29, 0.717) is 0 Å². The molecule has 0 amide bonds. The number of nitrogens with two attached hydrogens (primary N) is 1. The standard InChI is InChI=1S/C15H27N3OS/c1-4-19-15(8-6-5-7-9-15)13(18-16)10-14-17-11(2)12(3)20-14/h13,18H,4-10,16H2,1-3H3. The van der Waals surface area contributed by atoms with Gasteiger partial charge in [-0.3, -0.25) is 11.3 Å². The molecule has 3 N–H and O–H groups in total. The Morgan fingerprint density at radius 2 is 2.05 bits per heavy atom. The number of nitrogens with zero attached hydrogens (tertiary/aromatic N) is 1. The molecule has 0 spiro atoms. The van der Waals surface area contributed by atoms with Crippen molar-refractivity contribution in [2.75, 3.05) is 6.61 Å². The van der Waals surface area contributed by atoms with Gasteiger partial charge in [0.1, 0.15) is 0 Å². The fourth-order valence-corrected chi connectivity index (χ4v) is 4.21. The maximum atomic E-state index is 6.17. The molecule has 1 aromatic rings. The average molecular weight is 297 g/mol. The fraction of sp³-hybridized carbons (Fsp3) is 0.800. The Hall–Kier alpha value is -0.490. The smallest absolute Gasteiger partial charge is 0.0948 e. The van der Waals surface area contributed by atoms with E-state index in [1.807, 2.05) is 0 Å². The van der Waals surface area contributed by atoms with Gasteiger partial charge in [-0.05, 0) is 33.6 Å². The van der Waals surface area contributed by atoms with Crippen molar-refractivity contribution in [1.82, 2.24) is 10.4 Å². The Bertz CT molecular complexity index is 402. The van der Waals surface area contributed by atoms with Crippen molar-refractivity contribution in [3.63, 3.8) is 0 Å². The molecule has 4 nitrogen and oxygen atoms in total. The van der Waals surface area contributed by atoms with Gasteiger partial charge in [0.05, 0.1) is 22.3 Å². The molecule has 1 aliphatic carbocycles. The number of aromatic nitrogens is 1. The zero-order chi connectivity index (χ0) is 14.6. The van der Waals surface area contributed by atoms with E-state index < -0.39 is 0 Å². The van der Waals surface area contributed by atoms with Crippen LogP contribution in [0, 0.1) is 13.8 Å². The molecular formula is C15H27N3OS. The summed E-state index contributed by atoms with van der Waals surface area (Å²) in [6, 6.07) is 0.146. The van der Waals surface area contributed by atoms with Crippen LogP contribution in [0.2, 0.25) is 0 Å². The van der Waals surface area contributed by atoms with Gasteiger partial charge < -0.3 is 4.74 Å². The van der Waals surface area contributed by atoms with Crippen molar-refractivity contribution in [2.45, 2.75) is 70.9 Å². The van der Waals surface area contributed by atoms with Gasteiger partial charge in [0, 0.05) is 17.9 Å². The zero-order valence-electron chi connectivity index (χ0n) is 12.9.